The number of anilines is 2. The van der Waals surface area contributed by atoms with E-state index in [1.807, 2.05) is 25.1 Å². The number of nitrogens with one attached hydrogen (secondary N) is 2. The van der Waals surface area contributed by atoms with E-state index in [4.69, 9.17) is 16.7 Å². The van der Waals surface area contributed by atoms with Gasteiger partial charge in [-0.15, -0.1) is 0 Å². The van der Waals surface area contributed by atoms with Crippen molar-refractivity contribution in [2.75, 3.05) is 17.2 Å². The lowest BCUT2D eigenvalue weighted by molar-refractivity contribution is 0.140. The fourth-order valence-electron chi connectivity index (χ4n) is 2.76. The van der Waals surface area contributed by atoms with Crippen molar-refractivity contribution in [1.29, 1.82) is 0 Å². The molecule has 0 spiro atoms. The number of rotatable bonds is 2. The zero-order valence-electron chi connectivity index (χ0n) is 13.7. The molecule has 130 valence electrons. The van der Waals surface area contributed by atoms with E-state index in [2.05, 4.69) is 10.6 Å². The molecule has 0 aliphatic carbocycles. The molecular formula is C18H18ClN3O3. The molecule has 1 aliphatic heterocycles. The standard InChI is InChI=1S/C18H18ClN3O3/c1-11-2-4-15(9-16(11)19)21-17(23)20-14-5-3-13-10-22(18(24)25)7-6-12(13)8-14/h2-5,8-9H,6-7,10H2,1H3,(H,24,25)(H2,20,21,23). The van der Waals surface area contributed by atoms with Gasteiger partial charge in [0.1, 0.15) is 0 Å². The molecule has 25 heavy (non-hydrogen) atoms. The molecule has 3 amide bonds. The summed E-state index contributed by atoms with van der Waals surface area (Å²) < 4.78 is 0. The number of hydrogen-bond donors (Lipinski definition) is 3. The fraction of sp³-hybridized carbons (Fsp3) is 0.222. The van der Waals surface area contributed by atoms with Gasteiger partial charge < -0.3 is 20.6 Å². The van der Waals surface area contributed by atoms with Gasteiger partial charge in [-0.05, 0) is 54.3 Å². The third kappa shape index (κ3) is 4.03. The average molecular weight is 360 g/mol. The monoisotopic (exact) mass is 359 g/mol. The predicted octanol–water partition coefficient (Wildman–Crippen LogP) is 4.33. The highest BCUT2D eigenvalue weighted by Crippen LogP contribution is 2.23. The van der Waals surface area contributed by atoms with Gasteiger partial charge in [0.05, 0.1) is 0 Å². The molecule has 1 aliphatic rings. The number of urea groups is 1. The number of benzene rings is 2. The number of aryl methyl sites for hydroxylation is 1. The summed E-state index contributed by atoms with van der Waals surface area (Å²) in [5.74, 6) is 0. The normalized spacial score (nSPS) is 13.1. The topological polar surface area (TPSA) is 81.7 Å². The molecule has 0 atom stereocenters. The lowest BCUT2D eigenvalue weighted by Gasteiger charge is -2.26. The van der Waals surface area contributed by atoms with E-state index in [0.717, 1.165) is 16.7 Å². The van der Waals surface area contributed by atoms with Crippen LogP contribution in [0.4, 0.5) is 21.0 Å². The van der Waals surface area contributed by atoms with Crippen LogP contribution in [-0.4, -0.2) is 28.7 Å². The van der Waals surface area contributed by atoms with Gasteiger partial charge in [-0.25, -0.2) is 9.59 Å². The Hall–Kier alpha value is -2.73. The van der Waals surface area contributed by atoms with Gasteiger partial charge in [0, 0.05) is 29.5 Å². The van der Waals surface area contributed by atoms with Crippen LogP contribution in [0.5, 0.6) is 0 Å². The molecule has 1 heterocycles. The summed E-state index contributed by atoms with van der Waals surface area (Å²) in [5.41, 5.74) is 4.23. The van der Waals surface area contributed by atoms with Crippen LogP contribution in [0.3, 0.4) is 0 Å². The maximum Gasteiger partial charge on any atom is 0.407 e. The van der Waals surface area contributed by atoms with Gasteiger partial charge in [0.15, 0.2) is 0 Å². The summed E-state index contributed by atoms with van der Waals surface area (Å²) in [6, 6.07) is 10.5. The number of carboxylic acid groups (broad SMARTS) is 1. The number of carbonyl (C=O) groups excluding carboxylic acids is 1. The highest BCUT2D eigenvalue weighted by molar-refractivity contribution is 6.31. The van der Waals surface area contributed by atoms with Crippen molar-refractivity contribution in [3.8, 4) is 0 Å². The maximum absolute atomic E-state index is 12.1. The van der Waals surface area contributed by atoms with Crippen molar-refractivity contribution in [3.05, 3.63) is 58.1 Å². The minimum absolute atomic E-state index is 0.358. The van der Waals surface area contributed by atoms with Crippen LogP contribution in [-0.2, 0) is 13.0 Å². The third-order valence-corrected chi connectivity index (χ3v) is 4.58. The number of nitrogens with zero attached hydrogens (tertiary/aromatic N) is 1. The summed E-state index contributed by atoms with van der Waals surface area (Å²) in [6.07, 6.45) is -0.282. The molecule has 0 bridgehead atoms. The van der Waals surface area contributed by atoms with Gasteiger partial charge in [0.25, 0.3) is 0 Å². The lowest BCUT2D eigenvalue weighted by atomic mass is 9.99. The van der Waals surface area contributed by atoms with Crippen LogP contribution in [0.15, 0.2) is 36.4 Å². The Labute approximate surface area is 150 Å². The van der Waals surface area contributed by atoms with Crippen molar-refractivity contribution in [2.24, 2.45) is 0 Å². The zero-order valence-corrected chi connectivity index (χ0v) is 14.4. The lowest BCUT2D eigenvalue weighted by Crippen LogP contribution is -2.34. The number of carbonyl (C=O) groups is 2. The highest BCUT2D eigenvalue weighted by atomic mass is 35.5. The van der Waals surface area contributed by atoms with Crippen molar-refractivity contribution < 1.29 is 14.7 Å². The molecule has 0 aromatic heterocycles. The second kappa shape index (κ2) is 7.03. The molecule has 2 aromatic rings. The Morgan fingerprint density at radius 2 is 1.76 bits per heavy atom. The number of amides is 3. The Balaban J connectivity index is 1.66. The third-order valence-electron chi connectivity index (χ3n) is 4.18. The first-order valence-electron chi connectivity index (χ1n) is 7.86. The maximum atomic E-state index is 12.1. The summed E-state index contributed by atoms with van der Waals surface area (Å²) in [6.45, 7) is 2.73. The van der Waals surface area contributed by atoms with Gasteiger partial charge in [-0.3, -0.25) is 0 Å². The van der Waals surface area contributed by atoms with E-state index in [1.165, 1.54) is 4.90 Å². The second-order valence-corrected chi connectivity index (χ2v) is 6.39. The molecular weight excluding hydrogens is 342 g/mol. The molecule has 6 nitrogen and oxygen atoms in total. The smallest absolute Gasteiger partial charge is 0.407 e. The number of hydrogen-bond acceptors (Lipinski definition) is 2. The fourth-order valence-corrected chi connectivity index (χ4v) is 2.94. The van der Waals surface area contributed by atoms with Gasteiger partial charge in [-0.2, -0.15) is 0 Å². The zero-order chi connectivity index (χ0) is 18.0. The molecule has 0 saturated carbocycles. The highest BCUT2D eigenvalue weighted by Gasteiger charge is 2.20. The van der Waals surface area contributed by atoms with Crippen LogP contribution >= 0.6 is 11.6 Å². The van der Waals surface area contributed by atoms with Crippen LogP contribution in [0.25, 0.3) is 0 Å². The SMILES string of the molecule is Cc1ccc(NC(=O)Nc2ccc3c(c2)CCN(C(=O)O)C3)cc1Cl. The molecule has 0 radical (unpaired) electrons. The van der Waals surface area contributed by atoms with Crippen LogP contribution in [0.1, 0.15) is 16.7 Å². The molecule has 0 unspecified atom stereocenters. The van der Waals surface area contributed by atoms with Crippen LogP contribution in [0, 0.1) is 6.92 Å². The van der Waals surface area contributed by atoms with Crippen molar-refractivity contribution in [3.63, 3.8) is 0 Å². The summed E-state index contributed by atoms with van der Waals surface area (Å²) in [5, 5.41) is 15.2. The summed E-state index contributed by atoms with van der Waals surface area (Å²) >= 11 is 6.05. The predicted molar refractivity (Wildman–Crippen MR) is 97.4 cm³/mol. The second-order valence-electron chi connectivity index (χ2n) is 5.98. The van der Waals surface area contributed by atoms with Gasteiger partial charge >= 0.3 is 12.1 Å². The number of halogens is 1. The minimum Gasteiger partial charge on any atom is -0.465 e. The Morgan fingerprint density at radius 3 is 2.44 bits per heavy atom. The van der Waals surface area contributed by atoms with E-state index in [0.29, 0.717) is 35.9 Å². The van der Waals surface area contributed by atoms with Crippen LogP contribution < -0.4 is 10.6 Å². The Kier molecular flexibility index (Phi) is 4.81. The first-order valence-corrected chi connectivity index (χ1v) is 8.24. The van der Waals surface area contributed by atoms with E-state index in [1.54, 1.807) is 18.2 Å². The average Bonchev–Trinajstić information content (AvgIpc) is 2.57. The van der Waals surface area contributed by atoms with Gasteiger partial charge in [-0.1, -0.05) is 23.7 Å². The first-order chi connectivity index (χ1) is 11.9. The summed E-state index contributed by atoms with van der Waals surface area (Å²) in [7, 11) is 0. The number of fused-ring (bicyclic) bond motifs is 1. The quantitative estimate of drug-likeness (QED) is 0.746. The largest absolute Gasteiger partial charge is 0.465 e. The van der Waals surface area contributed by atoms with Crippen molar-refractivity contribution in [2.45, 2.75) is 19.9 Å². The molecule has 0 saturated heterocycles. The Bertz CT molecular complexity index is 838. The van der Waals surface area contributed by atoms with Crippen LogP contribution in [0.2, 0.25) is 5.02 Å². The molecule has 7 heteroatoms. The van der Waals surface area contributed by atoms with Crippen molar-refractivity contribution >= 4 is 35.1 Å². The van der Waals surface area contributed by atoms with E-state index >= 15 is 0 Å². The molecule has 3 N–H and O–H groups in total. The van der Waals surface area contributed by atoms with E-state index in [9.17, 15) is 9.59 Å². The summed E-state index contributed by atoms with van der Waals surface area (Å²) in [4.78, 5) is 24.6. The Morgan fingerprint density at radius 1 is 1.08 bits per heavy atom. The van der Waals surface area contributed by atoms with E-state index in [-0.39, 0.29) is 6.03 Å². The molecule has 0 fully saturated rings. The molecule has 3 rings (SSSR count). The van der Waals surface area contributed by atoms with E-state index < -0.39 is 6.09 Å². The first kappa shape index (κ1) is 17.1. The van der Waals surface area contributed by atoms with Crippen molar-refractivity contribution in [1.82, 2.24) is 4.90 Å². The van der Waals surface area contributed by atoms with Gasteiger partial charge in [0.2, 0.25) is 0 Å². The minimum atomic E-state index is -0.913. The molecule has 2 aromatic carbocycles.